The molecule has 2 aliphatic heterocycles. The average Bonchev–Trinajstić information content (AvgIpc) is 2.92. The molecule has 2 saturated heterocycles. The van der Waals surface area contributed by atoms with Crippen LogP contribution in [0.1, 0.15) is 56.8 Å². The summed E-state index contributed by atoms with van der Waals surface area (Å²) in [5.74, 6) is -0.368. The van der Waals surface area contributed by atoms with Crippen molar-refractivity contribution in [2.45, 2.75) is 70.2 Å². The summed E-state index contributed by atoms with van der Waals surface area (Å²) in [5.41, 5.74) is 0.0213. The quantitative estimate of drug-likeness (QED) is 0.814. The number of hydrogen-bond donors (Lipinski definition) is 2. The number of fused-ring (bicyclic) bond motifs is 3. The number of amides is 2. The summed E-state index contributed by atoms with van der Waals surface area (Å²) in [6.07, 6.45) is 4.37. The molecule has 2 atom stereocenters. The van der Waals surface area contributed by atoms with Gasteiger partial charge < -0.3 is 19.9 Å². The number of benzene rings is 1. The molecule has 3 heterocycles. The van der Waals surface area contributed by atoms with Gasteiger partial charge in [0, 0.05) is 35.2 Å². The monoisotopic (exact) mass is 397 g/mol. The second-order valence-electron chi connectivity index (χ2n) is 8.99. The molecule has 2 fully saturated rings. The lowest BCUT2D eigenvalue weighted by molar-refractivity contribution is 0.00500. The summed E-state index contributed by atoms with van der Waals surface area (Å²) in [5, 5.41) is 3.51. The van der Waals surface area contributed by atoms with Gasteiger partial charge in [-0.1, -0.05) is 12.1 Å². The molecule has 4 rings (SSSR count). The van der Waals surface area contributed by atoms with Crippen LogP contribution in [0.5, 0.6) is 0 Å². The van der Waals surface area contributed by atoms with Crippen molar-refractivity contribution in [2.24, 2.45) is 0 Å². The Bertz CT molecular complexity index is 993. The van der Waals surface area contributed by atoms with Gasteiger partial charge in [0.2, 0.25) is 5.43 Å². The number of pyridine rings is 1. The summed E-state index contributed by atoms with van der Waals surface area (Å²) in [4.78, 5) is 42.9. The Morgan fingerprint density at radius 1 is 1.14 bits per heavy atom. The number of carbonyl (C=O) groups is 2. The van der Waals surface area contributed by atoms with Crippen molar-refractivity contribution in [3.8, 4) is 0 Å². The number of piperidine rings is 1. The molecule has 29 heavy (non-hydrogen) atoms. The molecule has 2 amide bonds. The third-order valence-electron chi connectivity index (χ3n) is 5.71. The smallest absolute Gasteiger partial charge is 0.410 e. The summed E-state index contributed by atoms with van der Waals surface area (Å²) in [6, 6.07) is 7.19. The molecule has 0 radical (unpaired) electrons. The molecule has 154 valence electrons. The summed E-state index contributed by atoms with van der Waals surface area (Å²) >= 11 is 0. The van der Waals surface area contributed by atoms with E-state index in [4.69, 9.17) is 4.74 Å². The maximum absolute atomic E-state index is 12.8. The van der Waals surface area contributed by atoms with Gasteiger partial charge in [-0.15, -0.1) is 0 Å². The Morgan fingerprint density at radius 3 is 2.45 bits per heavy atom. The first-order valence-corrected chi connectivity index (χ1v) is 10.2. The number of carbonyl (C=O) groups excluding carboxylic acids is 2. The molecule has 2 aromatic rings. The molecule has 2 N–H and O–H groups in total. The van der Waals surface area contributed by atoms with E-state index in [0.29, 0.717) is 23.7 Å². The van der Waals surface area contributed by atoms with Crippen molar-refractivity contribution in [2.75, 3.05) is 0 Å². The molecule has 2 aliphatic rings. The van der Waals surface area contributed by atoms with Crippen LogP contribution in [0, 0.1) is 0 Å². The van der Waals surface area contributed by atoms with Gasteiger partial charge in [-0.2, -0.15) is 0 Å². The van der Waals surface area contributed by atoms with E-state index < -0.39 is 5.60 Å². The molecule has 7 heteroatoms. The van der Waals surface area contributed by atoms with Crippen molar-refractivity contribution < 1.29 is 14.3 Å². The van der Waals surface area contributed by atoms with E-state index >= 15 is 0 Å². The molecular weight excluding hydrogens is 370 g/mol. The highest BCUT2D eigenvalue weighted by atomic mass is 16.6. The Labute approximate surface area is 169 Å². The standard InChI is InChI=1S/C22H27N3O4/c1-22(2,3)29-21(28)25-14-8-9-15(25)11-13(10-14)24-20(27)17-12-23-18-7-5-4-6-16(18)19(17)26/h4-7,12-15H,8-11H2,1-3H3,(H,23,26)(H,24,27)/t14-,15-/m0/s1. The third-order valence-corrected chi connectivity index (χ3v) is 5.71. The topological polar surface area (TPSA) is 91.5 Å². The maximum Gasteiger partial charge on any atom is 0.410 e. The SMILES string of the molecule is CC(C)(C)OC(=O)N1[C@H]2CC[C@H]1CC(NC(=O)c1c[nH]c3ccccc3c1=O)C2. The zero-order valence-electron chi connectivity index (χ0n) is 17.0. The zero-order chi connectivity index (χ0) is 20.8. The van der Waals surface area contributed by atoms with Crippen LogP contribution >= 0.6 is 0 Å². The Balaban J connectivity index is 1.46. The van der Waals surface area contributed by atoms with E-state index in [0.717, 1.165) is 12.8 Å². The van der Waals surface area contributed by atoms with E-state index in [1.165, 1.54) is 6.20 Å². The van der Waals surface area contributed by atoms with Gasteiger partial charge >= 0.3 is 6.09 Å². The Morgan fingerprint density at radius 2 is 1.79 bits per heavy atom. The van der Waals surface area contributed by atoms with E-state index in [9.17, 15) is 14.4 Å². The molecule has 0 aliphatic carbocycles. The summed E-state index contributed by atoms with van der Waals surface area (Å²) in [7, 11) is 0. The molecule has 0 saturated carbocycles. The van der Waals surface area contributed by atoms with Crippen molar-refractivity contribution >= 4 is 22.9 Å². The number of hydrogen-bond acceptors (Lipinski definition) is 4. The maximum atomic E-state index is 12.8. The first kappa shape index (κ1) is 19.5. The van der Waals surface area contributed by atoms with Crippen LogP contribution in [0.25, 0.3) is 10.9 Å². The molecule has 1 aromatic heterocycles. The van der Waals surface area contributed by atoms with Crippen molar-refractivity contribution in [3.05, 3.63) is 46.2 Å². The lowest BCUT2D eigenvalue weighted by Gasteiger charge is -2.39. The molecule has 2 bridgehead atoms. The van der Waals surface area contributed by atoms with Crippen molar-refractivity contribution in [1.82, 2.24) is 15.2 Å². The van der Waals surface area contributed by atoms with E-state index in [2.05, 4.69) is 10.3 Å². The fourth-order valence-corrected chi connectivity index (χ4v) is 4.51. The van der Waals surface area contributed by atoms with Crippen LogP contribution in [0.4, 0.5) is 4.79 Å². The van der Waals surface area contributed by atoms with Crippen LogP contribution in [0.15, 0.2) is 35.3 Å². The largest absolute Gasteiger partial charge is 0.444 e. The van der Waals surface area contributed by atoms with Gasteiger partial charge in [-0.25, -0.2) is 4.79 Å². The second-order valence-corrected chi connectivity index (χ2v) is 8.99. The van der Waals surface area contributed by atoms with Crippen LogP contribution in [-0.2, 0) is 4.74 Å². The molecule has 7 nitrogen and oxygen atoms in total. The zero-order valence-corrected chi connectivity index (χ0v) is 17.0. The average molecular weight is 397 g/mol. The minimum absolute atomic E-state index is 0.0591. The fraction of sp³-hybridized carbons (Fsp3) is 0.500. The fourth-order valence-electron chi connectivity index (χ4n) is 4.51. The number of nitrogens with one attached hydrogen (secondary N) is 2. The van der Waals surface area contributed by atoms with Gasteiger partial charge in [0.15, 0.2) is 0 Å². The normalized spacial score (nSPS) is 23.8. The van der Waals surface area contributed by atoms with Gasteiger partial charge in [0.1, 0.15) is 11.2 Å². The predicted octanol–water partition coefficient (Wildman–Crippen LogP) is 3.19. The summed E-state index contributed by atoms with van der Waals surface area (Å²) < 4.78 is 5.55. The van der Waals surface area contributed by atoms with Crippen LogP contribution in [0.2, 0.25) is 0 Å². The number of aromatic amines is 1. The minimum atomic E-state index is -0.529. The molecule has 1 aromatic carbocycles. The highest BCUT2D eigenvalue weighted by molar-refractivity contribution is 5.97. The van der Waals surface area contributed by atoms with Crippen LogP contribution in [0.3, 0.4) is 0 Å². The number of aromatic nitrogens is 1. The van der Waals surface area contributed by atoms with Crippen LogP contribution in [-0.4, -0.2) is 45.6 Å². The first-order valence-electron chi connectivity index (χ1n) is 10.2. The molecule has 0 spiro atoms. The lowest BCUT2D eigenvalue weighted by atomic mass is 9.97. The van der Waals surface area contributed by atoms with Gasteiger partial charge in [0.25, 0.3) is 5.91 Å². The third kappa shape index (κ3) is 3.86. The highest BCUT2D eigenvalue weighted by Gasteiger charge is 2.45. The van der Waals surface area contributed by atoms with Gasteiger partial charge in [0.05, 0.1) is 0 Å². The minimum Gasteiger partial charge on any atom is -0.444 e. The number of H-pyrrole nitrogens is 1. The van der Waals surface area contributed by atoms with Crippen LogP contribution < -0.4 is 10.7 Å². The Hall–Kier alpha value is -2.83. The number of nitrogens with zero attached hydrogens (tertiary/aromatic N) is 1. The number of rotatable bonds is 2. The van der Waals surface area contributed by atoms with E-state index in [-0.39, 0.29) is 41.1 Å². The lowest BCUT2D eigenvalue weighted by Crippen LogP contribution is -2.53. The van der Waals surface area contributed by atoms with Crippen molar-refractivity contribution in [1.29, 1.82) is 0 Å². The molecular formula is C22H27N3O4. The predicted molar refractivity (Wildman–Crippen MR) is 110 cm³/mol. The first-order chi connectivity index (χ1) is 13.7. The van der Waals surface area contributed by atoms with Crippen molar-refractivity contribution in [3.63, 3.8) is 0 Å². The van der Waals surface area contributed by atoms with Gasteiger partial charge in [-0.05, 0) is 58.6 Å². The van der Waals surface area contributed by atoms with Gasteiger partial charge in [-0.3, -0.25) is 9.59 Å². The number of ether oxygens (including phenoxy) is 1. The van der Waals surface area contributed by atoms with E-state index in [1.54, 1.807) is 12.1 Å². The second kappa shape index (κ2) is 7.21. The summed E-state index contributed by atoms with van der Waals surface area (Å²) in [6.45, 7) is 5.59. The number of para-hydroxylation sites is 1. The molecule has 0 unspecified atom stereocenters. The van der Waals surface area contributed by atoms with E-state index in [1.807, 2.05) is 37.8 Å². The Kier molecular flexibility index (Phi) is 4.84. The highest BCUT2D eigenvalue weighted by Crippen LogP contribution is 2.36.